The van der Waals surface area contributed by atoms with Crippen LogP contribution in [-0.4, -0.2) is 86.9 Å². The smallest absolute Gasteiger partial charge is 0.260 e. The summed E-state index contributed by atoms with van der Waals surface area (Å²) in [7, 11) is -0.816. The number of nitrogens with zero attached hydrogens (tertiary/aromatic N) is 4. The molecule has 33 heavy (non-hydrogen) atoms. The van der Waals surface area contributed by atoms with Crippen molar-refractivity contribution in [3.63, 3.8) is 0 Å². The minimum Gasteiger partial charge on any atom is -0.300 e. The van der Waals surface area contributed by atoms with Crippen LogP contribution in [0, 0.1) is 11.6 Å². The fourth-order valence-electron chi connectivity index (χ4n) is 4.32. The maximum atomic E-state index is 14.5. The maximum absolute atomic E-state index is 14.5. The van der Waals surface area contributed by atoms with E-state index < -0.39 is 34.0 Å². The molecule has 3 unspecified atom stereocenters. The van der Waals surface area contributed by atoms with E-state index in [2.05, 4.69) is 14.9 Å². The Kier molecular flexibility index (Phi) is 8.53. The van der Waals surface area contributed by atoms with Crippen molar-refractivity contribution >= 4 is 22.4 Å². The molecule has 182 valence electrons. The summed E-state index contributed by atoms with van der Waals surface area (Å²) in [6, 6.07) is 2.90. The molecule has 3 atom stereocenters. The highest BCUT2D eigenvalue weighted by molar-refractivity contribution is 7.84. The van der Waals surface area contributed by atoms with Gasteiger partial charge in [0.1, 0.15) is 11.6 Å². The summed E-state index contributed by atoms with van der Waals surface area (Å²) in [6.45, 7) is 9.65. The van der Waals surface area contributed by atoms with Crippen molar-refractivity contribution in [2.24, 2.45) is 5.10 Å². The zero-order chi connectivity index (χ0) is 24.2. The van der Waals surface area contributed by atoms with E-state index in [0.29, 0.717) is 17.9 Å². The molecule has 6 nitrogen and oxygen atoms in total. The number of carbonyl (C=O) groups is 1. The van der Waals surface area contributed by atoms with Crippen molar-refractivity contribution in [2.45, 2.75) is 45.2 Å². The van der Waals surface area contributed by atoms with E-state index in [1.807, 2.05) is 32.9 Å². The molecule has 3 rings (SSSR count). The van der Waals surface area contributed by atoms with Gasteiger partial charge in [0, 0.05) is 67.5 Å². The molecular weight excluding hydrogens is 446 g/mol. The van der Waals surface area contributed by atoms with Crippen molar-refractivity contribution in [1.82, 2.24) is 14.8 Å². The Balaban J connectivity index is 1.78. The van der Waals surface area contributed by atoms with Crippen LogP contribution in [-0.2, 0) is 15.6 Å². The molecule has 0 N–H and O–H groups in total. The van der Waals surface area contributed by atoms with Gasteiger partial charge < -0.3 is 0 Å². The molecule has 1 amide bonds. The summed E-state index contributed by atoms with van der Waals surface area (Å²) in [5.74, 6) is -0.599. The lowest BCUT2D eigenvalue weighted by Crippen LogP contribution is -2.56. The average molecular weight is 481 g/mol. The third-order valence-corrected chi connectivity index (χ3v) is 7.16. The Labute approximate surface area is 197 Å². The van der Waals surface area contributed by atoms with Crippen LogP contribution in [0.15, 0.2) is 35.5 Å². The summed E-state index contributed by atoms with van der Waals surface area (Å²) >= 11 is 0. The van der Waals surface area contributed by atoms with E-state index >= 15 is 0 Å². The molecule has 1 fully saturated rings. The Morgan fingerprint density at radius 3 is 2.61 bits per heavy atom. The highest BCUT2D eigenvalue weighted by Crippen LogP contribution is 2.33. The molecule has 0 radical (unpaired) electrons. The average Bonchev–Trinajstić information content (AvgIpc) is 3.14. The van der Waals surface area contributed by atoms with E-state index in [1.54, 1.807) is 6.26 Å². The standard InChI is InChI=1S/C24H34F2N4O2S/c1-5-6-9-24(3)17-22(20-16-19(25)7-8-21(20)26)27-30(24)23(31)18(2)29-12-10-28(11-13-29)14-15-33(4)32/h6-9,16,18H,5,10-15,17H2,1-4H3/b9-6+. The van der Waals surface area contributed by atoms with Gasteiger partial charge in [0.05, 0.1) is 17.3 Å². The van der Waals surface area contributed by atoms with Crippen molar-refractivity contribution in [2.75, 3.05) is 44.7 Å². The quantitative estimate of drug-likeness (QED) is 0.537. The molecule has 2 heterocycles. The van der Waals surface area contributed by atoms with Crippen LogP contribution >= 0.6 is 0 Å². The zero-order valence-electron chi connectivity index (χ0n) is 19.9. The van der Waals surface area contributed by atoms with Gasteiger partial charge in [-0.2, -0.15) is 5.10 Å². The lowest BCUT2D eigenvalue weighted by atomic mass is 9.91. The first-order chi connectivity index (χ1) is 15.6. The van der Waals surface area contributed by atoms with E-state index in [0.717, 1.165) is 57.3 Å². The number of piperazine rings is 1. The number of rotatable bonds is 8. The highest BCUT2D eigenvalue weighted by atomic mass is 32.2. The maximum Gasteiger partial charge on any atom is 0.260 e. The number of hydrazone groups is 1. The van der Waals surface area contributed by atoms with E-state index in [9.17, 15) is 17.8 Å². The normalized spacial score (nSPS) is 24.3. The zero-order valence-corrected chi connectivity index (χ0v) is 20.7. The molecule has 9 heteroatoms. The van der Waals surface area contributed by atoms with E-state index in [1.165, 1.54) is 5.01 Å². The van der Waals surface area contributed by atoms with Crippen LogP contribution < -0.4 is 0 Å². The number of hydrogen-bond donors (Lipinski definition) is 0. The molecule has 0 aliphatic carbocycles. The Hall–Kier alpha value is -1.97. The number of allylic oxidation sites excluding steroid dienone is 1. The molecule has 0 spiro atoms. The second-order valence-corrected chi connectivity index (χ2v) is 10.6. The second kappa shape index (κ2) is 11.0. The molecule has 1 saturated heterocycles. The highest BCUT2D eigenvalue weighted by Gasteiger charge is 2.43. The fourth-order valence-corrected chi connectivity index (χ4v) is 4.83. The van der Waals surface area contributed by atoms with Crippen LogP contribution in [0.1, 0.15) is 39.2 Å². The third kappa shape index (κ3) is 6.13. The van der Waals surface area contributed by atoms with Gasteiger partial charge in [0.2, 0.25) is 0 Å². The molecule has 0 bridgehead atoms. The Morgan fingerprint density at radius 2 is 1.97 bits per heavy atom. The van der Waals surface area contributed by atoms with Crippen LogP contribution in [0.3, 0.4) is 0 Å². The summed E-state index contributed by atoms with van der Waals surface area (Å²) in [5, 5.41) is 5.97. The van der Waals surface area contributed by atoms with Gasteiger partial charge >= 0.3 is 0 Å². The van der Waals surface area contributed by atoms with Crippen LogP contribution in [0.5, 0.6) is 0 Å². The number of halogens is 2. The topological polar surface area (TPSA) is 56.2 Å². The Bertz CT molecular complexity index is 946. The largest absolute Gasteiger partial charge is 0.300 e. The van der Waals surface area contributed by atoms with Gasteiger partial charge in [-0.15, -0.1) is 0 Å². The van der Waals surface area contributed by atoms with Crippen molar-refractivity contribution < 1.29 is 17.8 Å². The van der Waals surface area contributed by atoms with E-state index in [-0.39, 0.29) is 11.5 Å². The number of benzene rings is 1. The minimum atomic E-state index is -0.816. The molecule has 1 aromatic rings. The van der Waals surface area contributed by atoms with Gasteiger partial charge in [0.25, 0.3) is 5.91 Å². The van der Waals surface area contributed by atoms with Crippen LogP contribution in [0.4, 0.5) is 8.78 Å². The first-order valence-corrected chi connectivity index (χ1v) is 13.2. The van der Waals surface area contributed by atoms with Crippen molar-refractivity contribution in [1.29, 1.82) is 0 Å². The van der Waals surface area contributed by atoms with Gasteiger partial charge in [-0.3, -0.25) is 18.8 Å². The summed E-state index contributed by atoms with van der Waals surface area (Å²) in [6.07, 6.45) is 6.73. The summed E-state index contributed by atoms with van der Waals surface area (Å²) < 4.78 is 39.6. The van der Waals surface area contributed by atoms with Crippen LogP contribution in [0.25, 0.3) is 0 Å². The molecule has 2 aliphatic heterocycles. The van der Waals surface area contributed by atoms with Gasteiger partial charge in [-0.05, 0) is 38.5 Å². The first kappa shape index (κ1) is 25.6. The van der Waals surface area contributed by atoms with Gasteiger partial charge in [-0.1, -0.05) is 19.1 Å². The lowest BCUT2D eigenvalue weighted by molar-refractivity contribution is -0.140. The van der Waals surface area contributed by atoms with Gasteiger partial charge in [0.15, 0.2) is 0 Å². The SMILES string of the molecule is CC/C=C/C1(C)CC(c2cc(F)ccc2F)=NN1C(=O)C(C)N1CCN(CCS(C)=O)CC1. The number of amides is 1. The molecule has 0 saturated carbocycles. The first-order valence-electron chi connectivity index (χ1n) is 11.5. The van der Waals surface area contributed by atoms with Crippen molar-refractivity contribution in [3.05, 3.63) is 47.5 Å². The second-order valence-electron chi connectivity index (χ2n) is 9.00. The van der Waals surface area contributed by atoms with Gasteiger partial charge in [-0.25, -0.2) is 13.8 Å². The molecule has 0 aromatic heterocycles. The predicted octanol–water partition coefficient (Wildman–Crippen LogP) is 3.01. The molecular formula is C24H34F2N4O2S. The summed E-state index contributed by atoms with van der Waals surface area (Å²) in [4.78, 5) is 18.0. The monoisotopic (exact) mass is 480 g/mol. The lowest BCUT2D eigenvalue weighted by Gasteiger charge is -2.39. The predicted molar refractivity (Wildman–Crippen MR) is 129 cm³/mol. The molecule has 1 aromatic carbocycles. The third-order valence-electron chi connectivity index (χ3n) is 6.40. The number of hydrogen-bond acceptors (Lipinski definition) is 5. The van der Waals surface area contributed by atoms with Crippen molar-refractivity contribution in [3.8, 4) is 0 Å². The Morgan fingerprint density at radius 1 is 1.27 bits per heavy atom. The fraction of sp³-hybridized carbons (Fsp3) is 0.583. The van der Waals surface area contributed by atoms with Crippen LogP contribution in [0.2, 0.25) is 0 Å². The molecule has 2 aliphatic rings. The van der Waals surface area contributed by atoms with E-state index in [4.69, 9.17) is 0 Å². The summed E-state index contributed by atoms with van der Waals surface area (Å²) in [5.41, 5.74) is -0.285. The number of carbonyl (C=O) groups excluding carboxylic acids is 1. The minimum absolute atomic E-state index is 0.0935.